The summed E-state index contributed by atoms with van der Waals surface area (Å²) in [6, 6.07) is 12.4. The van der Waals surface area contributed by atoms with E-state index < -0.39 is 5.97 Å². The number of esters is 1. The molecular formula is C18H12Cl3NO3. The Morgan fingerprint density at radius 2 is 1.76 bits per heavy atom. The van der Waals surface area contributed by atoms with E-state index in [9.17, 15) is 4.79 Å². The molecule has 0 amide bonds. The molecule has 128 valence electrons. The molecule has 0 saturated heterocycles. The number of carbonyl (C=O) groups is 1. The molecule has 0 saturated carbocycles. The summed E-state index contributed by atoms with van der Waals surface area (Å²) in [5, 5.41) is 0.448. The number of hydrogen-bond acceptors (Lipinski definition) is 4. The van der Waals surface area contributed by atoms with Crippen LogP contribution in [0.25, 0.3) is 11.5 Å². The van der Waals surface area contributed by atoms with Crippen molar-refractivity contribution in [3.05, 3.63) is 74.6 Å². The predicted octanol–water partition coefficient (Wildman–Crippen LogP) is 5.97. The van der Waals surface area contributed by atoms with E-state index in [1.807, 2.05) is 30.3 Å². The van der Waals surface area contributed by atoms with Gasteiger partial charge in [-0.1, -0.05) is 53.0 Å². The molecule has 7 heteroatoms. The molecular weight excluding hydrogens is 385 g/mol. The lowest BCUT2D eigenvalue weighted by atomic mass is 10.2. The number of nitrogens with zero attached hydrogens (tertiary/aromatic N) is 1. The largest absolute Gasteiger partial charge is 0.455 e. The van der Waals surface area contributed by atoms with Gasteiger partial charge in [-0.2, -0.15) is 0 Å². The highest BCUT2D eigenvalue weighted by atomic mass is 35.5. The summed E-state index contributed by atoms with van der Waals surface area (Å²) in [7, 11) is 0. The van der Waals surface area contributed by atoms with Crippen molar-refractivity contribution in [1.82, 2.24) is 4.98 Å². The Morgan fingerprint density at radius 3 is 2.48 bits per heavy atom. The van der Waals surface area contributed by atoms with E-state index in [-0.39, 0.29) is 27.2 Å². The molecule has 0 atom stereocenters. The number of ether oxygens (including phenoxy) is 1. The number of aromatic nitrogens is 1. The average molecular weight is 397 g/mol. The first kappa shape index (κ1) is 17.8. The van der Waals surface area contributed by atoms with E-state index in [4.69, 9.17) is 44.0 Å². The Labute approximate surface area is 159 Å². The van der Waals surface area contributed by atoms with Gasteiger partial charge in [0.1, 0.15) is 18.1 Å². The minimum absolute atomic E-state index is 0.0280. The summed E-state index contributed by atoms with van der Waals surface area (Å²) in [5.41, 5.74) is 1.38. The zero-order valence-electron chi connectivity index (χ0n) is 13.1. The lowest BCUT2D eigenvalue weighted by Gasteiger charge is -2.08. The molecule has 1 heterocycles. The number of benzene rings is 2. The smallest absolute Gasteiger partial charge is 0.341 e. The van der Waals surface area contributed by atoms with Crippen molar-refractivity contribution < 1.29 is 13.9 Å². The van der Waals surface area contributed by atoms with Gasteiger partial charge < -0.3 is 9.15 Å². The molecule has 1 aromatic heterocycles. The fourth-order valence-electron chi connectivity index (χ4n) is 2.19. The Morgan fingerprint density at radius 1 is 1.08 bits per heavy atom. The molecule has 0 radical (unpaired) electrons. The second-order valence-electron chi connectivity index (χ2n) is 5.18. The lowest BCUT2D eigenvalue weighted by molar-refractivity contribution is 0.0467. The lowest BCUT2D eigenvalue weighted by Crippen LogP contribution is -2.08. The van der Waals surface area contributed by atoms with Crippen LogP contribution in [0.1, 0.15) is 21.8 Å². The van der Waals surface area contributed by atoms with Crippen molar-refractivity contribution in [3.63, 3.8) is 0 Å². The normalized spacial score (nSPS) is 10.7. The summed E-state index contributed by atoms with van der Waals surface area (Å²) in [6.07, 6.45) is 0. The number of aryl methyl sites for hydroxylation is 1. The highest BCUT2D eigenvalue weighted by molar-refractivity contribution is 6.46. The zero-order valence-corrected chi connectivity index (χ0v) is 15.3. The summed E-state index contributed by atoms with van der Waals surface area (Å²) in [5.74, 6) is 0.346. The van der Waals surface area contributed by atoms with E-state index in [1.165, 1.54) is 12.1 Å². The highest BCUT2D eigenvalue weighted by Gasteiger charge is 2.20. The second-order valence-corrected chi connectivity index (χ2v) is 6.37. The fraction of sp³-hybridized carbons (Fsp3) is 0.111. The Kier molecular flexibility index (Phi) is 5.33. The average Bonchev–Trinajstić information content (AvgIpc) is 2.98. The minimum Gasteiger partial charge on any atom is -0.455 e. The molecule has 25 heavy (non-hydrogen) atoms. The van der Waals surface area contributed by atoms with Crippen LogP contribution >= 0.6 is 34.8 Å². The van der Waals surface area contributed by atoms with Gasteiger partial charge in [0, 0.05) is 5.56 Å². The highest BCUT2D eigenvalue weighted by Crippen LogP contribution is 2.32. The van der Waals surface area contributed by atoms with Crippen LogP contribution in [0.15, 0.2) is 46.9 Å². The topological polar surface area (TPSA) is 52.3 Å². The van der Waals surface area contributed by atoms with Crippen molar-refractivity contribution in [2.75, 3.05) is 0 Å². The minimum atomic E-state index is -0.679. The van der Waals surface area contributed by atoms with Crippen molar-refractivity contribution in [2.24, 2.45) is 0 Å². The van der Waals surface area contributed by atoms with Crippen LogP contribution in [-0.2, 0) is 11.3 Å². The Balaban J connectivity index is 1.78. The Bertz CT molecular complexity index is 923. The number of halogens is 3. The van der Waals surface area contributed by atoms with Gasteiger partial charge in [-0.3, -0.25) is 0 Å². The SMILES string of the molecule is Cc1oc(-c2ccccc2)nc1COC(=O)c1c(Cl)ccc(Cl)c1Cl. The third kappa shape index (κ3) is 3.82. The van der Waals surface area contributed by atoms with Gasteiger partial charge in [0.15, 0.2) is 0 Å². The molecule has 0 aliphatic heterocycles. The first-order valence-corrected chi connectivity index (χ1v) is 8.43. The molecule has 0 aliphatic carbocycles. The van der Waals surface area contributed by atoms with E-state index in [0.29, 0.717) is 17.3 Å². The molecule has 0 N–H and O–H groups in total. The van der Waals surface area contributed by atoms with E-state index >= 15 is 0 Å². The van der Waals surface area contributed by atoms with Crippen LogP contribution in [0.2, 0.25) is 15.1 Å². The summed E-state index contributed by atoms with van der Waals surface area (Å²) < 4.78 is 10.9. The van der Waals surface area contributed by atoms with Crippen LogP contribution in [-0.4, -0.2) is 11.0 Å². The zero-order chi connectivity index (χ0) is 18.0. The van der Waals surface area contributed by atoms with Gasteiger partial charge in [0.25, 0.3) is 0 Å². The second kappa shape index (κ2) is 7.48. The van der Waals surface area contributed by atoms with Crippen LogP contribution in [0.5, 0.6) is 0 Å². The predicted molar refractivity (Wildman–Crippen MR) is 97.3 cm³/mol. The molecule has 3 aromatic rings. The molecule has 2 aromatic carbocycles. The fourth-order valence-corrected chi connectivity index (χ4v) is 2.87. The van der Waals surface area contributed by atoms with Crippen molar-refractivity contribution >= 4 is 40.8 Å². The van der Waals surface area contributed by atoms with Crippen LogP contribution in [0, 0.1) is 6.92 Å². The van der Waals surface area contributed by atoms with E-state index in [0.717, 1.165) is 5.56 Å². The first-order valence-electron chi connectivity index (χ1n) is 7.29. The first-order chi connectivity index (χ1) is 12.0. The van der Waals surface area contributed by atoms with Crippen molar-refractivity contribution in [1.29, 1.82) is 0 Å². The van der Waals surface area contributed by atoms with Crippen molar-refractivity contribution in [2.45, 2.75) is 13.5 Å². The number of hydrogen-bond donors (Lipinski definition) is 0. The maximum Gasteiger partial charge on any atom is 0.341 e. The van der Waals surface area contributed by atoms with Gasteiger partial charge in [0.2, 0.25) is 5.89 Å². The summed E-state index contributed by atoms with van der Waals surface area (Å²) in [6.45, 7) is 1.68. The summed E-state index contributed by atoms with van der Waals surface area (Å²) >= 11 is 18.0. The molecule has 0 bridgehead atoms. The van der Waals surface area contributed by atoms with Gasteiger partial charge in [-0.05, 0) is 31.2 Å². The van der Waals surface area contributed by atoms with Crippen LogP contribution < -0.4 is 0 Å². The summed E-state index contributed by atoms with van der Waals surface area (Å²) in [4.78, 5) is 16.7. The van der Waals surface area contributed by atoms with Crippen LogP contribution in [0.4, 0.5) is 0 Å². The number of oxazole rings is 1. The number of rotatable bonds is 4. The number of carbonyl (C=O) groups excluding carboxylic acids is 1. The van der Waals surface area contributed by atoms with Gasteiger partial charge >= 0.3 is 5.97 Å². The van der Waals surface area contributed by atoms with E-state index in [2.05, 4.69) is 4.98 Å². The van der Waals surface area contributed by atoms with E-state index in [1.54, 1.807) is 6.92 Å². The van der Waals surface area contributed by atoms with Gasteiger partial charge in [0.05, 0.1) is 20.6 Å². The molecule has 0 fully saturated rings. The molecule has 0 aliphatic rings. The van der Waals surface area contributed by atoms with Gasteiger partial charge in [-0.25, -0.2) is 9.78 Å². The molecule has 3 rings (SSSR count). The molecule has 0 unspecified atom stereocenters. The standard InChI is InChI=1S/C18H12Cl3NO3/c1-10-14(22-17(25-10)11-5-3-2-4-6-11)9-24-18(23)15-12(19)7-8-13(20)16(15)21/h2-8H,9H2,1H3. The van der Waals surface area contributed by atoms with Gasteiger partial charge in [-0.15, -0.1) is 0 Å². The third-order valence-corrected chi connectivity index (χ3v) is 4.62. The molecule has 0 spiro atoms. The third-order valence-electron chi connectivity index (χ3n) is 3.50. The maximum absolute atomic E-state index is 12.3. The maximum atomic E-state index is 12.3. The van der Waals surface area contributed by atoms with Crippen LogP contribution in [0.3, 0.4) is 0 Å². The quantitative estimate of drug-likeness (QED) is 0.403. The van der Waals surface area contributed by atoms with Crippen molar-refractivity contribution in [3.8, 4) is 11.5 Å². The molecule has 4 nitrogen and oxygen atoms in total. The Hall–Kier alpha value is -2.01. The monoisotopic (exact) mass is 395 g/mol.